The predicted molar refractivity (Wildman–Crippen MR) is 69.8 cm³/mol. The van der Waals surface area contributed by atoms with E-state index in [1.165, 1.54) is 24.3 Å². The molecule has 0 atom stereocenters. The number of carbonyl (C=O) groups excluding carboxylic acids is 1. The lowest BCUT2D eigenvalue weighted by atomic mass is 9.94. The van der Waals surface area contributed by atoms with Gasteiger partial charge in [0.05, 0.1) is 0 Å². The summed E-state index contributed by atoms with van der Waals surface area (Å²) < 4.78 is 25.6. The molecule has 19 heavy (non-hydrogen) atoms. The molecule has 0 spiro atoms. The van der Waals surface area contributed by atoms with Crippen LogP contribution in [0.2, 0.25) is 0 Å². The minimum absolute atomic E-state index is 0.184. The van der Waals surface area contributed by atoms with E-state index in [0.29, 0.717) is 12.8 Å². The minimum atomic E-state index is -0.287. The molecule has 0 aliphatic carbocycles. The van der Waals surface area contributed by atoms with Gasteiger partial charge in [-0.05, 0) is 48.2 Å². The van der Waals surface area contributed by atoms with Crippen LogP contribution in [0.15, 0.2) is 48.5 Å². The SMILES string of the molecule is O=CC(Cc1ccc(F)cc1)Cc1ccc(F)cc1. The van der Waals surface area contributed by atoms with E-state index in [1.807, 2.05) is 0 Å². The second kappa shape index (κ2) is 6.23. The highest BCUT2D eigenvalue weighted by Gasteiger charge is 2.10. The molecule has 0 amide bonds. The smallest absolute Gasteiger partial charge is 0.123 e. The zero-order valence-electron chi connectivity index (χ0n) is 10.4. The van der Waals surface area contributed by atoms with Crippen LogP contribution in [0.25, 0.3) is 0 Å². The van der Waals surface area contributed by atoms with Crippen molar-refractivity contribution in [3.05, 3.63) is 71.3 Å². The molecule has 2 aromatic carbocycles. The second-order valence-corrected chi connectivity index (χ2v) is 4.56. The number of benzene rings is 2. The number of rotatable bonds is 5. The van der Waals surface area contributed by atoms with Gasteiger partial charge in [0.2, 0.25) is 0 Å². The summed E-state index contributed by atoms with van der Waals surface area (Å²) in [5.74, 6) is -0.759. The molecular formula is C16H14F2O. The van der Waals surface area contributed by atoms with Gasteiger partial charge in [0.1, 0.15) is 17.9 Å². The summed E-state index contributed by atoms with van der Waals surface area (Å²) in [6.45, 7) is 0. The Morgan fingerprint density at radius 3 is 1.47 bits per heavy atom. The molecule has 0 unspecified atom stereocenters. The molecule has 2 rings (SSSR count). The third-order valence-corrected chi connectivity index (χ3v) is 3.01. The molecule has 0 saturated carbocycles. The quantitative estimate of drug-likeness (QED) is 0.751. The van der Waals surface area contributed by atoms with Gasteiger partial charge in [0.15, 0.2) is 0 Å². The van der Waals surface area contributed by atoms with Crippen LogP contribution in [-0.2, 0) is 17.6 Å². The third kappa shape index (κ3) is 3.98. The first-order chi connectivity index (χ1) is 9.17. The molecule has 98 valence electrons. The Labute approximate surface area is 110 Å². The Morgan fingerprint density at radius 2 is 1.16 bits per heavy atom. The van der Waals surface area contributed by atoms with Crippen LogP contribution in [0.3, 0.4) is 0 Å². The van der Waals surface area contributed by atoms with E-state index in [-0.39, 0.29) is 17.6 Å². The zero-order valence-corrected chi connectivity index (χ0v) is 10.4. The van der Waals surface area contributed by atoms with Crippen molar-refractivity contribution in [2.75, 3.05) is 0 Å². The molecule has 0 N–H and O–H groups in total. The summed E-state index contributed by atoms with van der Waals surface area (Å²) in [7, 11) is 0. The Balaban J connectivity index is 2.02. The highest BCUT2D eigenvalue weighted by molar-refractivity contribution is 5.55. The van der Waals surface area contributed by atoms with Crippen molar-refractivity contribution in [3.63, 3.8) is 0 Å². The van der Waals surface area contributed by atoms with Gasteiger partial charge < -0.3 is 4.79 Å². The van der Waals surface area contributed by atoms with Crippen molar-refractivity contribution >= 4 is 6.29 Å². The van der Waals surface area contributed by atoms with Gasteiger partial charge in [-0.15, -0.1) is 0 Å². The highest BCUT2D eigenvalue weighted by atomic mass is 19.1. The van der Waals surface area contributed by atoms with Crippen LogP contribution in [0.4, 0.5) is 8.78 Å². The van der Waals surface area contributed by atoms with Crippen LogP contribution in [0, 0.1) is 17.6 Å². The monoisotopic (exact) mass is 260 g/mol. The van der Waals surface area contributed by atoms with E-state index in [2.05, 4.69) is 0 Å². The van der Waals surface area contributed by atoms with E-state index in [0.717, 1.165) is 17.4 Å². The number of hydrogen-bond acceptors (Lipinski definition) is 1. The molecule has 0 heterocycles. The fraction of sp³-hybridized carbons (Fsp3) is 0.188. The lowest BCUT2D eigenvalue weighted by Crippen LogP contribution is -2.09. The lowest BCUT2D eigenvalue weighted by Gasteiger charge is -2.10. The molecular weight excluding hydrogens is 246 g/mol. The van der Waals surface area contributed by atoms with E-state index in [1.54, 1.807) is 24.3 Å². The van der Waals surface area contributed by atoms with E-state index in [4.69, 9.17) is 0 Å². The summed E-state index contributed by atoms with van der Waals surface area (Å²) in [6.07, 6.45) is 2.01. The van der Waals surface area contributed by atoms with Gasteiger partial charge in [0, 0.05) is 5.92 Å². The third-order valence-electron chi connectivity index (χ3n) is 3.01. The van der Waals surface area contributed by atoms with Crippen molar-refractivity contribution < 1.29 is 13.6 Å². The number of halogens is 2. The minimum Gasteiger partial charge on any atom is -0.303 e. The molecule has 0 bridgehead atoms. The van der Waals surface area contributed by atoms with Crippen LogP contribution in [0.1, 0.15) is 11.1 Å². The van der Waals surface area contributed by atoms with Gasteiger partial charge in [-0.25, -0.2) is 8.78 Å². The average molecular weight is 260 g/mol. The van der Waals surface area contributed by atoms with Crippen molar-refractivity contribution in [1.29, 1.82) is 0 Å². The zero-order chi connectivity index (χ0) is 13.7. The van der Waals surface area contributed by atoms with Gasteiger partial charge in [-0.2, -0.15) is 0 Å². The number of aldehydes is 1. The Kier molecular flexibility index (Phi) is 4.39. The molecule has 0 aliphatic rings. The summed E-state index contributed by atoms with van der Waals surface area (Å²) in [4.78, 5) is 11.1. The molecule has 0 aromatic heterocycles. The number of hydrogen-bond donors (Lipinski definition) is 0. The van der Waals surface area contributed by atoms with Crippen LogP contribution >= 0.6 is 0 Å². The summed E-state index contributed by atoms with van der Waals surface area (Å²) in [6, 6.07) is 12.2. The molecule has 0 fully saturated rings. The highest BCUT2D eigenvalue weighted by Crippen LogP contribution is 2.14. The first kappa shape index (κ1) is 13.4. The molecule has 0 radical (unpaired) electrons. The normalized spacial score (nSPS) is 10.7. The number of carbonyl (C=O) groups is 1. The topological polar surface area (TPSA) is 17.1 Å². The Hall–Kier alpha value is -2.03. The first-order valence-electron chi connectivity index (χ1n) is 6.11. The van der Waals surface area contributed by atoms with Gasteiger partial charge in [-0.3, -0.25) is 0 Å². The molecule has 2 aromatic rings. The van der Waals surface area contributed by atoms with Crippen molar-refractivity contribution in [2.24, 2.45) is 5.92 Å². The van der Waals surface area contributed by atoms with Crippen LogP contribution in [0.5, 0.6) is 0 Å². The summed E-state index contributed by atoms with van der Waals surface area (Å²) >= 11 is 0. The summed E-state index contributed by atoms with van der Waals surface area (Å²) in [5, 5.41) is 0. The average Bonchev–Trinajstić information content (AvgIpc) is 2.43. The van der Waals surface area contributed by atoms with Gasteiger partial charge in [-0.1, -0.05) is 24.3 Å². The summed E-state index contributed by atoms with van der Waals surface area (Å²) in [5.41, 5.74) is 1.83. The fourth-order valence-corrected chi connectivity index (χ4v) is 2.01. The van der Waals surface area contributed by atoms with Crippen LogP contribution in [-0.4, -0.2) is 6.29 Å². The largest absolute Gasteiger partial charge is 0.303 e. The molecule has 1 nitrogen and oxygen atoms in total. The maximum absolute atomic E-state index is 12.8. The lowest BCUT2D eigenvalue weighted by molar-refractivity contribution is -0.111. The predicted octanol–water partition coefficient (Wildman–Crippen LogP) is 3.57. The Morgan fingerprint density at radius 1 is 0.789 bits per heavy atom. The maximum Gasteiger partial charge on any atom is 0.123 e. The van der Waals surface area contributed by atoms with E-state index >= 15 is 0 Å². The molecule has 0 saturated heterocycles. The van der Waals surface area contributed by atoms with Gasteiger partial charge in [0.25, 0.3) is 0 Å². The van der Waals surface area contributed by atoms with Crippen molar-refractivity contribution in [3.8, 4) is 0 Å². The second-order valence-electron chi connectivity index (χ2n) is 4.56. The molecule has 3 heteroatoms. The standard InChI is InChI=1S/C16H14F2O/c17-15-5-1-12(2-6-15)9-14(11-19)10-13-3-7-16(18)8-4-13/h1-8,11,14H,9-10H2. The van der Waals surface area contributed by atoms with E-state index < -0.39 is 0 Å². The Bertz CT molecular complexity index is 484. The van der Waals surface area contributed by atoms with Gasteiger partial charge >= 0.3 is 0 Å². The van der Waals surface area contributed by atoms with Crippen molar-refractivity contribution in [1.82, 2.24) is 0 Å². The van der Waals surface area contributed by atoms with Crippen molar-refractivity contribution in [2.45, 2.75) is 12.8 Å². The maximum atomic E-state index is 12.8. The fourth-order valence-electron chi connectivity index (χ4n) is 2.01. The first-order valence-corrected chi connectivity index (χ1v) is 6.11. The molecule has 0 aliphatic heterocycles. The van der Waals surface area contributed by atoms with E-state index in [9.17, 15) is 13.6 Å². The van der Waals surface area contributed by atoms with Crippen LogP contribution < -0.4 is 0 Å².